The highest BCUT2D eigenvalue weighted by molar-refractivity contribution is 7.89. The smallest absolute Gasteiger partial charge is 0.306 e. The number of benzene rings is 1. The Morgan fingerprint density at radius 3 is 2.14 bits per heavy atom. The molecule has 0 aromatic heterocycles. The average Bonchev–Trinajstić information content (AvgIpc) is 2.36. The molecule has 0 saturated carbocycles. The minimum atomic E-state index is -3.57. The summed E-state index contributed by atoms with van der Waals surface area (Å²) in [6.45, 7) is 3.23. The Kier molecular flexibility index (Phi) is 5.48. The molecule has 0 radical (unpaired) electrons. The molecule has 0 aliphatic heterocycles. The van der Waals surface area contributed by atoms with Gasteiger partial charge in [0.2, 0.25) is 15.9 Å². The number of carbonyl (C=O) groups excluding carboxylic acids is 1. The second-order valence-electron chi connectivity index (χ2n) is 5.15. The lowest BCUT2D eigenvalue weighted by molar-refractivity contribution is -0.141. The normalized spacial score (nSPS) is 14.2. The van der Waals surface area contributed by atoms with E-state index >= 15 is 0 Å². The van der Waals surface area contributed by atoms with E-state index in [1.165, 1.54) is 0 Å². The highest BCUT2D eigenvalue weighted by Gasteiger charge is 2.18. The fourth-order valence-corrected chi connectivity index (χ4v) is 2.35. The SMILES string of the molecule is CC(Cc1ccc([C@@H](C)C(=O)NS(C)(=O)=O)cc1)C(=O)O. The Hall–Kier alpha value is -1.89. The first-order valence-electron chi connectivity index (χ1n) is 6.43. The van der Waals surface area contributed by atoms with Crippen molar-refractivity contribution in [2.45, 2.75) is 26.2 Å². The largest absolute Gasteiger partial charge is 0.481 e. The number of hydrogen-bond donors (Lipinski definition) is 2. The number of nitrogens with one attached hydrogen (secondary N) is 1. The van der Waals surface area contributed by atoms with Gasteiger partial charge in [0.05, 0.1) is 18.1 Å². The number of carbonyl (C=O) groups is 2. The molecule has 0 saturated heterocycles. The van der Waals surface area contributed by atoms with Crippen molar-refractivity contribution in [2.24, 2.45) is 5.92 Å². The van der Waals surface area contributed by atoms with Crippen molar-refractivity contribution in [3.8, 4) is 0 Å². The average molecular weight is 313 g/mol. The molecule has 116 valence electrons. The van der Waals surface area contributed by atoms with Crippen LogP contribution in [-0.4, -0.2) is 31.7 Å². The van der Waals surface area contributed by atoms with Crippen LogP contribution in [0.25, 0.3) is 0 Å². The highest BCUT2D eigenvalue weighted by Crippen LogP contribution is 2.18. The summed E-state index contributed by atoms with van der Waals surface area (Å²) >= 11 is 0. The molecule has 2 atom stereocenters. The van der Waals surface area contributed by atoms with Crippen LogP contribution in [0.2, 0.25) is 0 Å². The van der Waals surface area contributed by atoms with Crippen LogP contribution in [0.15, 0.2) is 24.3 Å². The lowest BCUT2D eigenvalue weighted by atomic mass is 9.96. The van der Waals surface area contributed by atoms with Gasteiger partial charge in [-0.05, 0) is 24.5 Å². The van der Waals surface area contributed by atoms with Crippen LogP contribution in [0.3, 0.4) is 0 Å². The van der Waals surface area contributed by atoms with E-state index in [1.807, 2.05) is 4.72 Å². The number of hydrogen-bond acceptors (Lipinski definition) is 4. The van der Waals surface area contributed by atoms with Gasteiger partial charge < -0.3 is 5.11 Å². The molecule has 6 nitrogen and oxygen atoms in total. The van der Waals surface area contributed by atoms with Gasteiger partial charge in [-0.25, -0.2) is 8.42 Å². The molecule has 0 aliphatic carbocycles. The van der Waals surface area contributed by atoms with Gasteiger partial charge in [0.25, 0.3) is 0 Å². The van der Waals surface area contributed by atoms with Gasteiger partial charge in [-0.3, -0.25) is 14.3 Å². The first-order valence-corrected chi connectivity index (χ1v) is 8.32. The number of aliphatic carboxylic acids is 1. The second-order valence-corrected chi connectivity index (χ2v) is 6.89. The third-order valence-corrected chi connectivity index (χ3v) is 3.69. The molecular formula is C14H19NO5S. The predicted molar refractivity (Wildman–Crippen MR) is 78.3 cm³/mol. The number of amides is 1. The molecule has 21 heavy (non-hydrogen) atoms. The summed E-state index contributed by atoms with van der Waals surface area (Å²) in [5, 5.41) is 8.86. The van der Waals surface area contributed by atoms with E-state index in [9.17, 15) is 18.0 Å². The van der Waals surface area contributed by atoms with Crippen molar-refractivity contribution in [2.75, 3.05) is 6.26 Å². The van der Waals surface area contributed by atoms with Gasteiger partial charge in [0, 0.05) is 0 Å². The Morgan fingerprint density at radius 2 is 1.71 bits per heavy atom. The van der Waals surface area contributed by atoms with Gasteiger partial charge in [-0.15, -0.1) is 0 Å². The van der Waals surface area contributed by atoms with Gasteiger partial charge in [-0.1, -0.05) is 31.2 Å². The summed E-state index contributed by atoms with van der Waals surface area (Å²) in [7, 11) is -3.57. The van der Waals surface area contributed by atoms with E-state index in [4.69, 9.17) is 5.11 Å². The van der Waals surface area contributed by atoms with Crippen LogP contribution >= 0.6 is 0 Å². The van der Waals surface area contributed by atoms with Gasteiger partial charge >= 0.3 is 5.97 Å². The minimum absolute atomic E-state index is 0.402. The lowest BCUT2D eigenvalue weighted by Gasteiger charge is -2.12. The van der Waals surface area contributed by atoms with Crippen molar-refractivity contribution in [3.05, 3.63) is 35.4 Å². The van der Waals surface area contributed by atoms with E-state index in [2.05, 4.69) is 0 Å². The van der Waals surface area contributed by atoms with Crippen molar-refractivity contribution in [3.63, 3.8) is 0 Å². The Morgan fingerprint density at radius 1 is 1.19 bits per heavy atom. The summed E-state index contributed by atoms with van der Waals surface area (Å²) in [6, 6.07) is 6.91. The predicted octanol–water partition coefficient (Wildman–Crippen LogP) is 1.13. The van der Waals surface area contributed by atoms with Crippen molar-refractivity contribution in [1.82, 2.24) is 4.72 Å². The molecule has 1 unspecified atom stereocenters. The third kappa shape index (κ3) is 5.55. The maximum atomic E-state index is 11.7. The molecule has 1 rings (SSSR count). The van der Waals surface area contributed by atoms with E-state index in [0.29, 0.717) is 12.0 Å². The van der Waals surface area contributed by atoms with Gasteiger partial charge in [0.1, 0.15) is 0 Å². The fourth-order valence-electron chi connectivity index (χ4n) is 1.81. The number of sulfonamides is 1. The first-order chi connectivity index (χ1) is 9.60. The standard InChI is InChI=1S/C14H19NO5S/c1-9(14(17)18)8-11-4-6-12(7-5-11)10(2)13(16)15-21(3,19)20/h4-7,9-10H,8H2,1-3H3,(H,15,16)(H,17,18)/t9?,10-/m1/s1. The number of rotatable bonds is 6. The monoisotopic (exact) mass is 313 g/mol. The molecule has 7 heteroatoms. The summed E-state index contributed by atoms with van der Waals surface area (Å²) in [5.41, 5.74) is 1.52. The third-order valence-electron chi connectivity index (χ3n) is 3.12. The van der Waals surface area contributed by atoms with Gasteiger partial charge in [0.15, 0.2) is 0 Å². The summed E-state index contributed by atoms with van der Waals surface area (Å²) in [5.74, 6) is -2.54. The van der Waals surface area contributed by atoms with Crippen LogP contribution in [0.4, 0.5) is 0 Å². The molecule has 1 aromatic rings. The van der Waals surface area contributed by atoms with E-state index in [0.717, 1.165) is 11.8 Å². The fraction of sp³-hybridized carbons (Fsp3) is 0.429. The molecule has 0 fully saturated rings. The Labute approximate surface area is 124 Å². The molecule has 1 amide bonds. The van der Waals surface area contributed by atoms with Crippen molar-refractivity contribution in [1.29, 1.82) is 0 Å². The zero-order valence-corrected chi connectivity index (χ0v) is 13.0. The Bertz CT molecular complexity index is 621. The molecule has 0 spiro atoms. The molecule has 0 aliphatic rings. The second kappa shape index (κ2) is 6.71. The molecular weight excluding hydrogens is 294 g/mol. The zero-order chi connectivity index (χ0) is 16.2. The van der Waals surface area contributed by atoms with Gasteiger partial charge in [-0.2, -0.15) is 0 Å². The number of carboxylic acid groups (broad SMARTS) is 1. The lowest BCUT2D eigenvalue weighted by Crippen LogP contribution is -2.32. The summed E-state index contributed by atoms with van der Waals surface area (Å²) < 4.78 is 24.0. The van der Waals surface area contributed by atoms with E-state index in [1.54, 1.807) is 38.1 Å². The number of carboxylic acids is 1. The molecule has 0 heterocycles. The molecule has 1 aromatic carbocycles. The molecule has 2 N–H and O–H groups in total. The van der Waals surface area contributed by atoms with E-state index in [-0.39, 0.29) is 0 Å². The minimum Gasteiger partial charge on any atom is -0.481 e. The first kappa shape index (κ1) is 17.2. The summed E-state index contributed by atoms with van der Waals surface area (Å²) in [6.07, 6.45) is 1.33. The zero-order valence-electron chi connectivity index (χ0n) is 12.2. The van der Waals surface area contributed by atoms with Crippen LogP contribution in [-0.2, 0) is 26.0 Å². The van der Waals surface area contributed by atoms with Crippen LogP contribution < -0.4 is 4.72 Å². The van der Waals surface area contributed by atoms with Crippen LogP contribution in [0.1, 0.15) is 30.9 Å². The quantitative estimate of drug-likeness (QED) is 0.820. The summed E-state index contributed by atoms with van der Waals surface area (Å²) in [4.78, 5) is 22.5. The molecule has 0 bridgehead atoms. The topological polar surface area (TPSA) is 101 Å². The van der Waals surface area contributed by atoms with Crippen molar-refractivity contribution >= 4 is 21.9 Å². The highest BCUT2D eigenvalue weighted by atomic mass is 32.2. The Balaban J connectivity index is 2.78. The maximum Gasteiger partial charge on any atom is 0.306 e. The van der Waals surface area contributed by atoms with Crippen LogP contribution in [0, 0.1) is 5.92 Å². The van der Waals surface area contributed by atoms with Crippen LogP contribution in [0.5, 0.6) is 0 Å². The van der Waals surface area contributed by atoms with Crippen molar-refractivity contribution < 1.29 is 23.1 Å². The van der Waals surface area contributed by atoms with E-state index < -0.39 is 33.7 Å². The maximum absolute atomic E-state index is 11.7.